The number of aromatic nitrogens is 3. The van der Waals surface area contributed by atoms with Crippen LogP contribution in [-0.2, 0) is 6.54 Å². The first-order valence-electron chi connectivity index (χ1n) is 5.48. The quantitative estimate of drug-likeness (QED) is 0.847. The number of rotatable bonds is 2. The van der Waals surface area contributed by atoms with Crippen molar-refractivity contribution in [3.63, 3.8) is 0 Å². The third kappa shape index (κ3) is 1.60. The fourth-order valence-corrected chi connectivity index (χ4v) is 2.25. The molecule has 0 bridgehead atoms. The summed E-state index contributed by atoms with van der Waals surface area (Å²) in [7, 11) is 0. The predicted molar refractivity (Wildman–Crippen MR) is 59.9 cm³/mol. The minimum atomic E-state index is -1.07. The average Bonchev–Trinajstić information content (AvgIpc) is 2.89. The van der Waals surface area contributed by atoms with Gasteiger partial charge in [0.15, 0.2) is 0 Å². The van der Waals surface area contributed by atoms with Crippen LogP contribution >= 0.6 is 0 Å². The molecule has 2 aromatic rings. The van der Waals surface area contributed by atoms with Gasteiger partial charge in [-0.05, 0) is 12.0 Å². The van der Waals surface area contributed by atoms with Gasteiger partial charge in [-0.15, -0.1) is 5.10 Å². The topological polar surface area (TPSA) is 68.0 Å². The minimum Gasteiger partial charge on any atom is -0.475 e. The van der Waals surface area contributed by atoms with Crippen molar-refractivity contribution in [1.29, 1.82) is 0 Å². The molecule has 0 amide bonds. The fraction of sp³-hybridized carbons (Fsp3) is 0.250. The number of carboxylic acids is 1. The first kappa shape index (κ1) is 10.0. The summed E-state index contributed by atoms with van der Waals surface area (Å²) in [5.41, 5.74) is 1.16. The van der Waals surface area contributed by atoms with Gasteiger partial charge in [-0.3, -0.25) is 0 Å². The van der Waals surface area contributed by atoms with Crippen molar-refractivity contribution in [2.75, 3.05) is 0 Å². The molecule has 1 aliphatic rings. The van der Waals surface area contributed by atoms with Crippen LogP contribution in [0.5, 0.6) is 0 Å². The number of carbonyl (C=O) groups is 1. The van der Waals surface area contributed by atoms with Gasteiger partial charge in [0.25, 0.3) is 5.82 Å². The maximum atomic E-state index is 10.8. The standard InChI is InChI=1S/C12H11N3O2/c16-12(17)10-13-11-9(6-7-15(11)14-10)8-4-2-1-3-5-8/h1-5,9H,6-7H2,(H,16,17)/t9-/m0/s1. The van der Waals surface area contributed by atoms with Crippen LogP contribution in [0.2, 0.25) is 0 Å². The van der Waals surface area contributed by atoms with E-state index in [1.807, 2.05) is 30.3 Å². The first-order valence-corrected chi connectivity index (χ1v) is 5.48. The molecule has 5 nitrogen and oxygen atoms in total. The Morgan fingerprint density at radius 3 is 2.82 bits per heavy atom. The molecule has 0 fully saturated rings. The van der Waals surface area contributed by atoms with Crippen molar-refractivity contribution in [2.24, 2.45) is 0 Å². The van der Waals surface area contributed by atoms with E-state index in [2.05, 4.69) is 10.1 Å². The lowest BCUT2D eigenvalue weighted by Crippen LogP contribution is -2.02. The molecule has 86 valence electrons. The molecule has 0 saturated heterocycles. The van der Waals surface area contributed by atoms with Crippen molar-refractivity contribution in [2.45, 2.75) is 18.9 Å². The van der Waals surface area contributed by atoms with Crippen LogP contribution in [0.1, 0.15) is 34.3 Å². The van der Waals surface area contributed by atoms with Crippen LogP contribution in [0.3, 0.4) is 0 Å². The van der Waals surface area contributed by atoms with Crippen molar-refractivity contribution >= 4 is 5.97 Å². The van der Waals surface area contributed by atoms with E-state index < -0.39 is 5.97 Å². The largest absolute Gasteiger partial charge is 0.475 e. The summed E-state index contributed by atoms with van der Waals surface area (Å²) in [6.07, 6.45) is 0.930. The van der Waals surface area contributed by atoms with Crippen molar-refractivity contribution in [3.8, 4) is 0 Å². The molecule has 17 heavy (non-hydrogen) atoms. The zero-order valence-corrected chi connectivity index (χ0v) is 9.08. The van der Waals surface area contributed by atoms with E-state index in [9.17, 15) is 4.79 Å². The third-order valence-corrected chi connectivity index (χ3v) is 3.03. The summed E-state index contributed by atoms with van der Waals surface area (Å²) >= 11 is 0. The van der Waals surface area contributed by atoms with E-state index in [1.54, 1.807) is 4.68 Å². The Labute approximate surface area is 97.7 Å². The van der Waals surface area contributed by atoms with Crippen LogP contribution in [0, 0.1) is 0 Å². The van der Waals surface area contributed by atoms with E-state index in [0.29, 0.717) is 0 Å². The second-order valence-corrected chi connectivity index (χ2v) is 4.07. The number of hydrogen-bond acceptors (Lipinski definition) is 3. The maximum Gasteiger partial charge on any atom is 0.375 e. The molecule has 1 aromatic heterocycles. The van der Waals surface area contributed by atoms with Gasteiger partial charge in [0.05, 0.1) is 0 Å². The number of hydrogen-bond donors (Lipinski definition) is 1. The van der Waals surface area contributed by atoms with Gasteiger partial charge in [0.1, 0.15) is 5.82 Å². The zero-order valence-electron chi connectivity index (χ0n) is 9.08. The van der Waals surface area contributed by atoms with Crippen LogP contribution in [-0.4, -0.2) is 25.8 Å². The van der Waals surface area contributed by atoms with Gasteiger partial charge < -0.3 is 5.11 Å². The highest BCUT2D eigenvalue weighted by molar-refractivity contribution is 5.83. The Bertz CT molecular complexity index is 562. The molecule has 1 aromatic carbocycles. The number of aryl methyl sites for hydroxylation is 1. The van der Waals surface area contributed by atoms with Gasteiger partial charge in [-0.25, -0.2) is 14.5 Å². The molecule has 1 aliphatic heterocycles. The van der Waals surface area contributed by atoms with Crippen LogP contribution in [0.15, 0.2) is 30.3 Å². The maximum absolute atomic E-state index is 10.8. The van der Waals surface area contributed by atoms with E-state index in [1.165, 1.54) is 0 Å². The van der Waals surface area contributed by atoms with Gasteiger partial charge in [-0.1, -0.05) is 30.3 Å². The van der Waals surface area contributed by atoms with Gasteiger partial charge in [0, 0.05) is 12.5 Å². The summed E-state index contributed by atoms with van der Waals surface area (Å²) in [5, 5.41) is 12.8. The van der Waals surface area contributed by atoms with E-state index in [0.717, 1.165) is 24.4 Å². The molecule has 2 heterocycles. The highest BCUT2D eigenvalue weighted by atomic mass is 16.4. The predicted octanol–water partition coefficient (Wildman–Crippen LogP) is 1.51. The van der Waals surface area contributed by atoms with Crippen LogP contribution in [0.4, 0.5) is 0 Å². The van der Waals surface area contributed by atoms with Gasteiger partial charge in [-0.2, -0.15) is 0 Å². The molecule has 5 heteroatoms. The normalized spacial score (nSPS) is 18.0. The lowest BCUT2D eigenvalue weighted by Gasteiger charge is -2.07. The van der Waals surface area contributed by atoms with E-state index in [-0.39, 0.29) is 11.7 Å². The molecule has 0 unspecified atom stereocenters. The van der Waals surface area contributed by atoms with Crippen LogP contribution < -0.4 is 0 Å². The average molecular weight is 229 g/mol. The monoisotopic (exact) mass is 229 g/mol. The molecule has 1 N–H and O–H groups in total. The lowest BCUT2D eigenvalue weighted by atomic mass is 9.97. The number of nitrogens with zero attached hydrogens (tertiary/aromatic N) is 3. The molecular formula is C12H11N3O2. The SMILES string of the molecule is O=C(O)c1nc2n(n1)CC[C@H]2c1ccccc1. The molecular weight excluding hydrogens is 218 g/mol. The van der Waals surface area contributed by atoms with Gasteiger partial charge >= 0.3 is 5.97 Å². The number of aromatic carboxylic acids is 1. The molecule has 0 aliphatic carbocycles. The van der Waals surface area contributed by atoms with Crippen molar-refractivity contribution in [1.82, 2.24) is 14.8 Å². The number of benzene rings is 1. The second kappa shape index (κ2) is 3.69. The van der Waals surface area contributed by atoms with E-state index >= 15 is 0 Å². The summed E-state index contributed by atoms with van der Waals surface area (Å²) in [4.78, 5) is 14.9. The fourth-order valence-electron chi connectivity index (χ4n) is 2.25. The zero-order chi connectivity index (χ0) is 11.8. The molecule has 0 saturated carbocycles. The number of carboxylic acid groups (broad SMARTS) is 1. The Morgan fingerprint density at radius 2 is 2.12 bits per heavy atom. The lowest BCUT2D eigenvalue weighted by molar-refractivity contribution is 0.0683. The van der Waals surface area contributed by atoms with Crippen molar-refractivity contribution < 1.29 is 9.90 Å². The summed E-state index contributed by atoms with van der Waals surface area (Å²) < 4.78 is 1.70. The first-order chi connectivity index (χ1) is 8.25. The molecule has 0 spiro atoms. The summed E-state index contributed by atoms with van der Waals surface area (Å²) in [6.45, 7) is 0.731. The Hall–Kier alpha value is -2.17. The summed E-state index contributed by atoms with van der Waals surface area (Å²) in [6, 6.07) is 10.00. The third-order valence-electron chi connectivity index (χ3n) is 3.03. The Morgan fingerprint density at radius 1 is 1.35 bits per heavy atom. The van der Waals surface area contributed by atoms with Crippen LogP contribution in [0.25, 0.3) is 0 Å². The minimum absolute atomic E-state index is 0.111. The van der Waals surface area contributed by atoms with Gasteiger partial charge in [0.2, 0.25) is 0 Å². The number of fused-ring (bicyclic) bond motifs is 1. The highest BCUT2D eigenvalue weighted by Gasteiger charge is 2.29. The highest BCUT2D eigenvalue weighted by Crippen LogP contribution is 2.32. The Balaban J connectivity index is 2.01. The smallest absolute Gasteiger partial charge is 0.375 e. The second-order valence-electron chi connectivity index (χ2n) is 4.07. The van der Waals surface area contributed by atoms with E-state index in [4.69, 9.17) is 5.11 Å². The Kier molecular flexibility index (Phi) is 2.18. The molecule has 1 atom stereocenters. The summed E-state index contributed by atoms with van der Waals surface area (Å²) in [5.74, 6) is -0.259. The molecule has 3 rings (SSSR count). The molecule has 0 radical (unpaired) electrons. The van der Waals surface area contributed by atoms with Crippen molar-refractivity contribution in [3.05, 3.63) is 47.5 Å².